The van der Waals surface area contributed by atoms with Crippen LogP contribution in [0.5, 0.6) is 0 Å². The molecule has 0 radical (unpaired) electrons. The van der Waals surface area contributed by atoms with Gasteiger partial charge in [-0.15, -0.1) is 0 Å². The van der Waals surface area contributed by atoms with Gasteiger partial charge in [0.1, 0.15) is 11.3 Å². The number of fused-ring (bicyclic) bond motifs is 1. The molecule has 1 unspecified atom stereocenters. The maximum Gasteiger partial charge on any atom is 0.223 e. The number of hydrogen-bond acceptors (Lipinski definition) is 3. The van der Waals surface area contributed by atoms with E-state index >= 15 is 0 Å². The Morgan fingerprint density at radius 1 is 1.30 bits per heavy atom. The van der Waals surface area contributed by atoms with Crippen molar-refractivity contribution in [2.24, 2.45) is 7.05 Å². The van der Waals surface area contributed by atoms with Gasteiger partial charge in [0.2, 0.25) is 5.91 Å². The monoisotopic (exact) mass is 367 g/mol. The van der Waals surface area contributed by atoms with Gasteiger partial charge >= 0.3 is 0 Å². The Morgan fingerprint density at radius 2 is 2.04 bits per heavy atom. The van der Waals surface area contributed by atoms with Gasteiger partial charge in [0.25, 0.3) is 0 Å². The highest BCUT2D eigenvalue weighted by Gasteiger charge is 2.24. The van der Waals surface area contributed by atoms with Crippen molar-refractivity contribution in [2.45, 2.75) is 53.0 Å². The molecule has 1 amide bonds. The summed E-state index contributed by atoms with van der Waals surface area (Å²) in [6, 6.07) is 9.93. The van der Waals surface area contributed by atoms with Gasteiger partial charge in [-0.25, -0.2) is 0 Å². The van der Waals surface area contributed by atoms with E-state index < -0.39 is 0 Å². The van der Waals surface area contributed by atoms with Gasteiger partial charge in [0, 0.05) is 31.1 Å². The van der Waals surface area contributed by atoms with E-state index in [0.717, 1.165) is 47.5 Å². The largest absolute Gasteiger partial charge is 0.459 e. The van der Waals surface area contributed by atoms with Crippen LogP contribution in [0.3, 0.4) is 0 Å². The lowest BCUT2D eigenvalue weighted by Gasteiger charge is -2.28. The molecule has 2 aromatic heterocycles. The highest BCUT2D eigenvalue weighted by atomic mass is 16.3. The molecule has 1 atom stereocenters. The number of nitrogens with zero attached hydrogens (tertiary/aromatic N) is 3. The quantitative estimate of drug-likeness (QED) is 0.607. The summed E-state index contributed by atoms with van der Waals surface area (Å²) in [6.45, 7) is 8.93. The minimum absolute atomic E-state index is 0.0825. The smallest absolute Gasteiger partial charge is 0.223 e. The van der Waals surface area contributed by atoms with Crippen LogP contribution < -0.4 is 0 Å². The first-order chi connectivity index (χ1) is 12.9. The van der Waals surface area contributed by atoms with Crippen molar-refractivity contribution in [3.05, 3.63) is 53.0 Å². The number of amides is 1. The Labute approximate surface area is 161 Å². The van der Waals surface area contributed by atoms with Gasteiger partial charge in [-0.2, -0.15) is 5.10 Å². The number of carbonyl (C=O) groups is 1. The molecule has 27 heavy (non-hydrogen) atoms. The SMILES string of the molecule is CCCN(C(=O)CCc1c(C)nn(C)c1C)C(C)c1cc2ccccc2o1. The molecular weight excluding hydrogens is 338 g/mol. The van der Waals surface area contributed by atoms with Crippen molar-refractivity contribution in [2.75, 3.05) is 6.54 Å². The molecule has 0 aliphatic carbocycles. The maximum atomic E-state index is 13.0. The molecule has 0 N–H and O–H groups in total. The molecular formula is C22H29N3O2. The third-order valence-electron chi connectivity index (χ3n) is 5.36. The van der Waals surface area contributed by atoms with Crippen molar-refractivity contribution in [3.63, 3.8) is 0 Å². The Morgan fingerprint density at radius 3 is 2.67 bits per heavy atom. The predicted octanol–water partition coefficient (Wildman–Crippen LogP) is 4.72. The summed E-state index contributed by atoms with van der Waals surface area (Å²) in [6.07, 6.45) is 2.12. The molecule has 0 bridgehead atoms. The van der Waals surface area contributed by atoms with Crippen LogP contribution in [-0.4, -0.2) is 27.1 Å². The number of rotatable bonds is 7. The zero-order chi connectivity index (χ0) is 19.6. The Kier molecular flexibility index (Phi) is 5.68. The first kappa shape index (κ1) is 19.2. The highest BCUT2D eigenvalue weighted by Crippen LogP contribution is 2.28. The lowest BCUT2D eigenvalue weighted by atomic mass is 10.1. The average Bonchev–Trinajstić information content (AvgIpc) is 3.18. The molecule has 0 fully saturated rings. The summed E-state index contributed by atoms with van der Waals surface area (Å²) in [5.74, 6) is 0.999. The second-order valence-corrected chi connectivity index (χ2v) is 7.22. The van der Waals surface area contributed by atoms with E-state index in [1.807, 2.05) is 60.8 Å². The summed E-state index contributed by atoms with van der Waals surface area (Å²) in [4.78, 5) is 15.0. The third kappa shape index (κ3) is 3.92. The second-order valence-electron chi connectivity index (χ2n) is 7.22. The molecule has 0 saturated carbocycles. The molecule has 2 heterocycles. The van der Waals surface area contributed by atoms with Crippen LogP contribution in [0.4, 0.5) is 0 Å². The first-order valence-electron chi connectivity index (χ1n) is 9.69. The molecule has 0 aliphatic rings. The van der Waals surface area contributed by atoms with Crippen molar-refractivity contribution in [1.82, 2.24) is 14.7 Å². The standard InChI is InChI=1S/C22H29N3O2/c1-6-13-25(17(4)21-14-18-9-7-8-10-20(18)27-21)22(26)12-11-19-15(2)23-24(5)16(19)3/h7-10,14,17H,6,11-13H2,1-5H3. The van der Waals surface area contributed by atoms with Gasteiger partial charge in [-0.3, -0.25) is 9.48 Å². The summed E-state index contributed by atoms with van der Waals surface area (Å²) >= 11 is 0. The molecule has 0 saturated heterocycles. The fraction of sp³-hybridized carbons (Fsp3) is 0.455. The third-order valence-corrected chi connectivity index (χ3v) is 5.36. The number of aryl methyl sites for hydroxylation is 2. The number of para-hydroxylation sites is 1. The fourth-order valence-electron chi connectivity index (χ4n) is 3.69. The van der Waals surface area contributed by atoms with Crippen LogP contribution >= 0.6 is 0 Å². The van der Waals surface area contributed by atoms with E-state index in [4.69, 9.17) is 4.42 Å². The molecule has 3 aromatic rings. The van der Waals surface area contributed by atoms with Gasteiger partial charge in [0.05, 0.1) is 11.7 Å². The highest BCUT2D eigenvalue weighted by molar-refractivity contribution is 5.79. The van der Waals surface area contributed by atoms with Crippen molar-refractivity contribution in [3.8, 4) is 0 Å². The van der Waals surface area contributed by atoms with E-state index in [-0.39, 0.29) is 11.9 Å². The molecule has 5 heteroatoms. The van der Waals surface area contributed by atoms with E-state index in [9.17, 15) is 4.79 Å². The number of aromatic nitrogens is 2. The number of benzene rings is 1. The molecule has 5 nitrogen and oxygen atoms in total. The van der Waals surface area contributed by atoms with E-state index in [1.165, 1.54) is 5.56 Å². The van der Waals surface area contributed by atoms with Crippen LogP contribution in [0.1, 0.15) is 55.4 Å². The van der Waals surface area contributed by atoms with Crippen LogP contribution in [0, 0.1) is 13.8 Å². The van der Waals surface area contributed by atoms with Crippen molar-refractivity contribution >= 4 is 16.9 Å². The summed E-state index contributed by atoms with van der Waals surface area (Å²) in [7, 11) is 1.95. The summed E-state index contributed by atoms with van der Waals surface area (Å²) in [5.41, 5.74) is 4.19. The molecule has 0 aliphatic heterocycles. The zero-order valence-corrected chi connectivity index (χ0v) is 17.0. The van der Waals surface area contributed by atoms with Gasteiger partial charge < -0.3 is 9.32 Å². The number of furan rings is 1. The first-order valence-corrected chi connectivity index (χ1v) is 9.69. The topological polar surface area (TPSA) is 51.3 Å². The van der Waals surface area contributed by atoms with Gasteiger partial charge in [-0.1, -0.05) is 25.1 Å². The van der Waals surface area contributed by atoms with Crippen LogP contribution in [0.2, 0.25) is 0 Å². The summed E-state index contributed by atoms with van der Waals surface area (Å²) in [5, 5.41) is 5.53. The van der Waals surface area contributed by atoms with Crippen LogP contribution in [0.15, 0.2) is 34.7 Å². The Bertz CT molecular complexity index is 905. The number of carbonyl (C=O) groups excluding carboxylic acids is 1. The zero-order valence-electron chi connectivity index (χ0n) is 17.0. The van der Waals surface area contributed by atoms with Crippen LogP contribution in [0.25, 0.3) is 11.0 Å². The maximum absolute atomic E-state index is 13.0. The van der Waals surface area contributed by atoms with E-state index in [2.05, 4.69) is 18.9 Å². The lowest BCUT2D eigenvalue weighted by Crippen LogP contribution is -2.34. The minimum atomic E-state index is -0.0825. The van der Waals surface area contributed by atoms with Gasteiger partial charge in [0.15, 0.2) is 0 Å². The number of hydrogen-bond donors (Lipinski definition) is 0. The van der Waals surface area contributed by atoms with Crippen LogP contribution in [-0.2, 0) is 18.3 Å². The average molecular weight is 367 g/mol. The molecule has 3 rings (SSSR count). The minimum Gasteiger partial charge on any atom is -0.459 e. The second kappa shape index (κ2) is 7.99. The predicted molar refractivity (Wildman–Crippen MR) is 108 cm³/mol. The lowest BCUT2D eigenvalue weighted by molar-refractivity contribution is -0.133. The molecule has 144 valence electrons. The van der Waals surface area contributed by atoms with Crippen molar-refractivity contribution in [1.29, 1.82) is 0 Å². The fourth-order valence-corrected chi connectivity index (χ4v) is 3.69. The van der Waals surface area contributed by atoms with Gasteiger partial charge in [-0.05, 0) is 51.3 Å². The molecule has 1 aromatic carbocycles. The van der Waals surface area contributed by atoms with E-state index in [0.29, 0.717) is 6.42 Å². The normalized spacial score (nSPS) is 12.5. The Balaban J connectivity index is 1.76. The molecule has 0 spiro atoms. The van der Waals surface area contributed by atoms with E-state index in [1.54, 1.807) is 0 Å². The Hall–Kier alpha value is -2.56. The summed E-state index contributed by atoms with van der Waals surface area (Å²) < 4.78 is 7.89. The van der Waals surface area contributed by atoms with Crippen molar-refractivity contribution < 1.29 is 9.21 Å².